The number of non-ortho nitro benzene ring substituents is 1. The van der Waals surface area contributed by atoms with Crippen LogP contribution in [0.5, 0.6) is 11.5 Å². The number of ether oxygens (including phenoxy) is 2. The number of likely N-dealkylation sites (tertiary alicyclic amines) is 1. The van der Waals surface area contributed by atoms with Crippen LogP contribution in [0.2, 0.25) is 0 Å². The number of imide groups is 1. The van der Waals surface area contributed by atoms with Gasteiger partial charge in [-0.25, -0.2) is 9.86 Å². The molecule has 0 aliphatic carbocycles. The molecular weight excluding hydrogens is 554 g/mol. The van der Waals surface area contributed by atoms with Crippen LogP contribution in [0, 0.1) is 16.0 Å². The Morgan fingerprint density at radius 2 is 1.60 bits per heavy atom. The number of carbonyl (C=O) groups excluding carboxylic acids is 3. The molecule has 4 aromatic rings. The van der Waals surface area contributed by atoms with Gasteiger partial charge in [0.15, 0.2) is 17.6 Å². The number of hydrogen-bond acceptors (Lipinski definition) is 9. The molecule has 0 saturated carbocycles. The van der Waals surface area contributed by atoms with Crippen LogP contribution in [0.15, 0.2) is 103 Å². The van der Waals surface area contributed by atoms with Gasteiger partial charge in [-0.15, -0.1) is 0 Å². The highest BCUT2D eigenvalue weighted by atomic mass is 16.7. The van der Waals surface area contributed by atoms with E-state index >= 15 is 0 Å². The van der Waals surface area contributed by atoms with Crippen molar-refractivity contribution in [3.8, 4) is 11.5 Å². The SMILES string of the molecule is COc1cc([C@@H]2[C@@H]3C(=O)N(Cc4ccccc4)C(=O)[C@@H]3ON2c2cccc([N+](=O)[O-])c2)ccc1OC(=O)c1ccccc1. The summed E-state index contributed by atoms with van der Waals surface area (Å²) in [6.07, 6.45) is -1.15. The third-order valence-electron chi connectivity index (χ3n) is 7.43. The van der Waals surface area contributed by atoms with Crippen molar-refractivity contribution >= 4 is 29.2 Å². The van der Waals surface area contributed by atoms with Gasteiger partial charge in [-0.1, -0.05) is 60.7 Å². The van der Waals surface area contributed by atoms with Crippen LogP contribution in [0.25, 0.3) is 0 Å². The molecule has 2 aliphatic heterocycles. The zero-order valence-electron chi connectivity index (χ0n) is 22.9. The van der Waals surface area contributed by atoms with Crippen LogP contribution < -0.4 is 14.5 Å². The Morgan fingerprint density at radius 1 is 0.884 bits per heavy atom. The van der Waals surface area contributed by atoms with Crippen molar-refractivity contribution in [2.75, 3.05) is 12.2 Å². The van der Waals surface area contributed by atoms with Gasteiger partial charge in [0, 0.05) is 12.1 Å². The molecule has 0 N–H and O–H groups in total. The average molecular weight is 580 g/mol. The summed E-state index contributed by atoms with van der Waals surface area (Å²) < 4.78 is 11.1. The molecule has 11 nitrogen and oxygen atoms in total. The van der Waals surface area contributed by atoms with Crippen LogP contribution in [-0.4, -0.2) is 40.8 Å². The quantitative estimate of drug-likeness (QED) is 0.0944. The van der Waals surface area contributed by atoms with Gasteiger partial charge in [0.2, 0.25) is 5.91 Å². The molecule has 6 rings (SSSR count). The summed E-state index contributed by atoms with van der Waals surface area (Å²) >= 11 is 0. The number of methoxy groups -OCH3 is 1. The largest absolute Gasteiger partial charge is 0.493 e. The lowest BCUT2D eigenvalue weighted by Crippen LogP contribution is -2.37. The van der Waals surface area contributed by atoms with Gasteiger partial charge >= 0.3 is 5.97 Å². The predicted octanol–water partition coefficient (Wildman–Crippen LogP) is 4.87. The topological polar surface area (TPSA) is 129 Å². The molecule has 4 aromatic carbocycles. The number of nitro groups is 1. The number of benzene rings is 4. The van der Waals surface area contributed by atoms with E-state index in [0.29, 0.717) is 16.8 Å². The van der Waals surface area contributed by atoms with Crippen LogP contribution in [0.3, 0.4) is 0 Å². The van der Waals surface area contributed by atoms with Gasteiger partial charge in [0.25, 0.3) is 11.6 Å². The lowest BCUT2D eigenvalue weighted by Gasteiger charge is -2.29. The van der Waals surface area contributed by atoms with Gasteiger partial charge in [0.1, 0.15) is 5.92 Å². The van der Waals surface area contributed by atoms with Crippen molar-refractivity contribution in [1.29, 1.82) is 0 Å². The first kappa shape index (κ1) is 27.6. The van der Waals surface area contributed by atoms with Crippen molar-refractivity contribution < 1.29 is 33.6 Å². The third kappa shape index (κ3) is 5.17. The summed E-state index contributed by atoms with van der Waals surface area (Å²) in [5.74, 6) is -2.12. The molecule has 2 aliphatic rings. The molecule has 2 amide bonds. The van der Waals surface area contributed by atoms with Crippen molar-refractivity contribution in [3.05, 3.63) is 130 Å². The van der Waals surface area contributed by atoms with E-state index in [1.165, 1.54) is 41.3 Å². The summed E-state index contributed by atoms with van der Waals surface area (Å²) in [6, 6.07) is 27.3. The van der Waals surface area contributed by atoms with Crippen LogP contribution in [0.4, 0.5) is 11.4 Å². The number of nitro benzene ring substituents is 1. The van der Waals surface area contributed by atoms with E-state index in [4.69, 9.17) is 14.3 Å². The minimum absolute atomic E-state index is 0.0795. The van der Waals surface area contributed by atoms with Gasteiger partial charge in [-0.2, -0.15) is 0 Å². The molecule has 216 valence electrons. The second kappa shape index (κ2) is 11.4. The lowest BCUT2D eigenvalue weighted by atomic mass is 9.90. The van der Waals surface area contributed by atoms with E-state index in [2.05, 4.69) is 0 Å². The zero-order valence-corrected chi connectivity index (χ0v) is 22.9. The number of hydrogen-bond donors (Lipinski definition) is 0. The summed E-state index contributed by atoms with van der Waals surface area (Å²) in [5.41, 5.74) is 1.76. The normalized spacial score (nSPS) is 19.3. The Balaban J connectivity index is 1.38. The summed E-state index contributed by atoms with van der Waals surface area (Å²) in [5, 5.41) is 12.9. The summed E-state index contributed by atoms with van der Waals surface area (Å²) in [6.45, 7) is 0.0795. The second-order valence-electron chi connectivity index (χ2n) is 10.0. The maximum Gasteiger partial charge on any atom is 0.343 e. The third-order valence-corrected chi connectivity index (χ3v) is 7.43. The maximum atomic E-state index is 13.9. The number of esters is 1. The Labute approximate surface area is 245 Å². The second-order valence-corrected chi connectivity index (χ2v) is 10.0. The molecular formula is C32H25N3O8. The first-order valence-electron chi connectivity index (χ1n) is 13.4. The summed E-state index contributed by atoms with van der Waals surface area (Å²) in [4.78, 5) is 58.4. The Kier molecular flexibility index (Phi) is 7.31. The molecule has 0 bridgehead atoms. The molecule has 11 heteroatoms. The lowest BCUT2D eigenvalue weighted by molar-refractivity contribution is -0.384. The number of anilines is 1. The maximum absolute atomic E-state index is 13.9. The van der Waals surface area contributed by atoms with E-state index in [9.17, 15) is 24.5 Å². The van der Waals surface area contributed by atoms with E-state index < -0.39 is 40.8 Å². The first-order valence-corrected chi connectivity index (χ1v) is 13.4. The van der Waals surface area contributed by atoms with Gasteiger partial charge < -0.3 is 9.47 Å². The van der Waals surface area contributed by atoms with E-state index in [1.807, 2.05) is 30.3 Å². The molecule has 2 saturated heterocycles. The minimum Gasteiger partial charge on any atom is -0.493 e. The highest BCUT2D eigenvalue weighted by Gasteiger charge is 2.60. The molecule has 3 atom stereocenters. The van der Waals surface area contributed by atoms with Crippen LogP contribution >= 0.6 is 0 Å². The molecule has 0 aromatic heterocycles. The van der Waals surface area contributed by atoms with Crippen LogP contribution in [-0.2, 0) is 21.0 Å². The first-order chi connectivity index (χ1) is 20.9. The van der Waals surface area contributed by atoms with Crippen molar-refractivity contribution in [1.82, 2.24) is 4.90 Å². The molecule has 43 heavy (non-hydrogen) atoms. The van der Waals surface area contributed by atoms with Crippen molar-refractivity contribution in [3.63, 3.8) is 0 Å². The molecule has 0 unspecified atom stereocenters. The van der Waals surface area contributed by atoms with Gasteiger partial charge in [-0.05, 0) is 41.5 Å². The standard InChI is InChI=1S/C32H25N3O8/c1-41-26-17-22(15-16-25(26)42-32(38)21-11-6-3-7-12-21)28-27-29(43-34(28)23-13-8-14-24(18-23)35(39)40)31(37)33(30(27)36)19-20-9-4-2-5-10-20/h2-18,27-29H,19H2,1H3/t27-,28+,29+/m0/s1. The van der Waals surface area contributed by atoms with E-state index in [-0.39, 0.29) is 23.7 Å². The highest BCUT2D eigenvalue weighted by Crippen LogP contribution is 2.48. The zero-order chi connectivity index (χ0) is 30.1. The Bertz CT molecular complexity index is 1710. The van der Waals surface area contributed by atoms with Crippen molar-refractivity contribution in [2.24, 2.45) is 5.92 Å². The fourth-order valence-electron chi connectivity index (χ4n) is 5.39. The Hall–Kier alpha value is -5.55. The monoisotopic (exact) mass is 579 g/mol. The molecule has 0 radical (unpaired) electrons. The van der Waals surface area contributed by atoms with E-state index in [1.54, 1.807) is 48.5 Å². The molecule has 0 spiro atoms. The van der Waals surface area contributed by atoms with Gasteiger partial charge in [0.05, 0.1) is 35.9 Å². The number of amides is 2. The number of hydroxylamine groups is 1. The predicted molar refractivity (Wildman–Crippen MR) is 153 cm³/mol. The Morgan fingerprint density at radius 3 is 2.30 bits per heavy atom. The molecule has 2 heterocycles. The summed E-state index contributed by atoms with van der Waals surface area (Å²) in [7, 11) is 1.41. The van der Waals surface area contributed by atoms with Gasteiger partial charge in [-0.3, -0.25) is 29.4 Å². The smallest absolute Gasteiger partial charge is 0.343 e. The molecule has 2 fully saturated rings. The highest BCUT2D eigenvalue weighted by molar-refractivity contribution is 6.07. The fraction of sp³-hybridized carbons (Fsp3) is 0.156. The average Bonchev–Trinajstić information content (AvgIpc) is 3.54. The van der Waals surface area contributed by atoms with E-state index in [0.717, 1.165) is 5.56 Å². The number of nitrogens with zero attached hydrogens (tertiary/aromatic N) is 3. The number of fused-ring (bicyclic) bond motifs is 1. The number of carbonyl (C=O) groups is 3. The number of rotatable bonds is 8. The fourth-order valence-corrected chi connectivity index (χ4v) is 5.39. The van der Waals surface area contributed by atoms with Crippen LogP contribution in [0.1, 0.15) is 27.5 Å². The minimum atomic E-state index is -1.15. The van der Waals surface area contributed by atoms with Crippen molar-refractivity contribution in [2.45, 2.75) is 18.7 Å².